The molecule has 5 nitrogen and oxygen atoms in total. The van der Waals surface area contributed by atoms with Gasteiger partial charge in [-0.15, -0.1) is 17.8 Å². The second kappa shape index (κ2) is 10.1. The predicted octanol–water partition coefficient (Wildman–Crippen LogP) is 4.81. The molecule has 0 spiro atoms. The normalized spacial score (nSPS) is 18.7. The Labute approximate surface area is 198 Å². The van der Waals surface area contributed by atoms with Crippen LogP contribution in [0.5, 0.6) is 0 Å². The molecule has 1 aliphatic heterocycles. The third kappa shape index (κ3) is 5.16. The Morgan fingerprint density at radius 2 is 1.94 bits per heavy atom. The number of rotatable bonds is 5. The molecule has 1 saturated heterocycles. The van der Waals surface area contributed by atoms with Crippen molar-refractivity contribution in [3.05, 3.63) is 50.9 Å². The van der Waals surface area contributed by atoms with Crippen molar-refractivity contribution in [2.75, 3.05) is 13.1 Å². The number of carbonyl (C=O) groups is 2. The lowest BCUT2D eigenvalue weighted by Gasteiger charge is -2.33. The number of amides is 2. The fourth-order valence-corrected chi connectivity index (χ4v) is 5.79. The van der Waals surface area contributed by atoms with Crippen LogP contribution < -0.4 is 5.32 Å². The lowest BCUT2D eigenvalue weighted by Crippen LogP contribution is -2.48. The number of benzene rings is 1. The number of likely N-dealkylation sites (tertiary alicyclic amines) is 1. The van der Waals surface area contributed by atoms with Gasteiger partial charge in [0, 0.05) is 29.4 Å². The van der Waals surface area contributed by atoms with Gasteiger partial charge in [-0.2, -0.15) is 0 Å². The van der Waals surface area contributed by atoms with E-state index in [0.717, 1.165) is 49.1 Å². The minimum absolute atomic E-state index is 0.0998. The van der Waals surface area contributed by atoms with Crippen LogP contribution in [0.25, 0.3) is 0 Å². The van der Waals surface area contributed by atoms with Crippen molar-refractivity contribution in [2.24, 2.45) is 0 Å². The quantitative estimate of drug-likeness (QED) is 0.639. The molecule has 0 atom stereocenters. The summed E-state index contributed by atoms with van der Waals surface area (Å²) in [6.07, 6.45) is 12.7. The zero-order chi connectivity index (χ0) is 22.6. The highest BCUT2D eigenvalue weighted by Gasteiger charge is 2.33. The van der Waals surface area contributed by atoms with Gasteiger partial charge in [0.25, 0.3) is 5.91 Å². The van der Waals surface area contributed by atoms with E-state index in [4.69, 9.17) is 18.0 Å². The zero-order valence-corrected chi connectivity index (χ0v) is 19.7. The molecular formula is C25H28ClN3O2S. The molecule has 168 valence electrons. The molecular weight excluding hydrogens is 442 g/mol. The van der Waals surface area contributed by atoms with E-state index in [0.29, 0.717) is 30.2 Å². The number of terminal acetylenes is 1. The first-order valence-corrected chi connectivity index (χ1v) is 12.5. The third-order valence-corrected chi connectivity index (χ3v) is 7.96. The standard InChI is InChI=1S/C25H28ClN3O2S/c1-2-25(12-6-3-7-13-25)28-23(31)21-17-32-24(27-21)18-10-14-29(15-11-18)22(30)16-19-8-4-5-9-20(19)26/h1,4-5,8-9,17-18H,3,6-7,10-16H2,(H,28,31). The third-order valence-electron chi connectivity index (χ3n) is 6.59. The van der Waals surface area contributed by atoms with Crippen LogP contribution in [-0.2, 0) is 11.2 Å². The van der Waals surface area contributed by atoms with E-state index in [1.165, 1.54) is 17.8 Å². The number of thiazole rings is 1. The highest BCUT2D eigenvalue weighted by molar-refractivity contribution is 7.09. The van der Waals surface area contributed by atoms with Crippen molar-refractivity contribution in [3.8, 4) is 12.3 Å². The second-order valence-corrected chi connectivity index (χ2v) is 10.0. The summed E-state index contributed by atoms with van der Waals surface area (Å²) in [5.41, 5.74) is 0.772. The molecule has 2 amide bonds. The van der Waals surface area contributed by atoms with Crippen molar-refractivity contribution >= 4 is 34.8 Å². The number of nitrogens with zero attached hydrogens (tertiary/aromatic N) is 2. The second-order valence-electron chi connectivity index (χ2n) is 8.74. The molecule has 0 bridgehead atoms. The molecule has 32 heavy (non-hydrogen) atoms. The molecule has 0 unspecified atom stereocenters. The Hall–Kier alpha value is -2.36. The van der Waals surface area contributed by atoms with E-state index in [2.05, 4.69) is 16.2 Å². The van der Waals surface area contributed by atoms with Gasteiger partial charge in [-0.1, -0.05) is 55.0 Å². The van der Waals surface area contributed by atoms with Gasteiger partial charge in [-0.3, -0.25) is 9.59 Å². The fraction of sp³-hybridized carbons (Fsp3) is 0.480. The van der Waals surface area contributed by atoms with E-state index >= 15 is 0 Å². The summed E-state index contributed by atoms with van der Waals surface area (Å²) < 4.78 is 0. The van der Waals surface area contributed by atoms with Gasteiger partial charge < -0.3 is 10.2 Å². The first kappa shape index (κ1) is 22.8. The van der Waals surface area contributed by atoms with Crippen LogP contribution in [0.15, 0.2) is 29.6 Å². The van der Waals surface area contributed by atoms with Crippen molar-refractivity contribution < 1.29 is 9.59 Å². The maximum atomic E-state index is 12.8. The van der Waals surface area contributed by atoms with Crippen LogP contribution in [0.3, 0.4) is 0 Å². The van der Waals surface area contributed by atoms with Crippen LogP contribution in [0.4, 0.5) is 0 Å². The largest absolute Gasteiger partial charge is 0.342 e. The average Bonchev–Trinajstić information content (AvgIpc) is 3.32. The summed E-state index contributed by atoms with van der Waals surface area (Å²) in [4.78, 5) is 32.0. The van der Waals surface area contributed by atoms with Gasteiger partial charge in [0.1, 0.15) is 11.2 Å². The van der Waals surface area contributed by atoms with Crippen LogP contribution in [0.2, 0.25) is 5.02 Å². The van der Waals surface area contributed by atoms with Gasteiger partial charge in [0.05, 0.1) is 11.4 Å². The Balaban J connectivity index is 1.32. The lowest BCUT2D eigenvalue weighted by molar-refractivity contribution is -0.131. The number of hydrogen-bond donors (Lipinski definition) is 1. The fourth-order valence-electron chi connectivity index (χ4n) is 4.61. The number of piperidine rings is 1. The van der Waals surface area contributed by atoms with E-state index < -0.39 is 5.54 Å². The minimum Gasteiger partial charge on any atom is -0.342 e. The van der Waals surface area contributed by atoms with Gasteiger partial charge in [0.15, 0.2) is 0 Å². The monoisotopic (exact) mass is 469 g/mol. The smallest absolute Gasteiger partial charge is 0.271 e. The number of carbonyl (C=O) groups excluding carboxylic acids is 2. The Morgan fingerprint density at radius 3 is 2.62 bits per heavy atom. The number of nitrogens with one attached hydrogen (secondary N) is 1. The maximum Gasteiger partial charge on any atom is 0.271 e. The molecule has 2 fully saturated rings. The van der Waals surface area contributed by atoms with Gasteiger partial charge in [0.2, 0.25) is 5.91 Å². The van der Waals surface area contributed by atoms with Crippen LogP contribution in [-0.4, -0.2) is 40.3 Å². The zero-order valence-electron chi connectivity index (χ0n) is 18.1. The molecule has 0 radical (unpaired) electrons. The molecule has 7 heteroatoms. The highest BCUT2D eigenvalue weighted by atomic mass is 35.5. The first-order valence-electron chi connectivity index (χ1n) is 11.3. The number of halogens is 1. The van der Waals surface area contributed by atoms with E-state index in [9.17, 15) is 9.59 Å². The van der Waals surface area contributed by atoms with Gasteiger partial charge in [-0.25, -0.2) is 4.98 Å². The van der Waals surface area contributed by atoms with E-state index in [-0.39, 0.29) is 17.7 Å². The SMILES string of the molecule is C#CC1(NC(=O)c2csc(C3CCN(C(=O)Cc4ccccc4Cl)CC3)n2)CCCCC1. The maximum absolute atomic E-state index is 12.8. The minimum atomic E-state index is -0.535. The lowest BCUT2D eigenvalue weighted by atomic mass is 9.82. The Kier molecular flexibility index (Phi) is 7.17. The summed E-state index contributed by atoms with van der Waals surface area (Å²) in [6, 6.07) is 7.47. The molecule has 2 aromatic rings. The van der Waals surface area contributed by atoms with Gasteiger partial charge in [-0.05, 0) is 37.3 Å². The number of aromatic nitrogens is 1. The van der Waals surface area contributed by atoms with Crippen molar-refractivity contribution in [1.29, 1.82) is 0 Å². The predicted molar refractivity (Wildman–Crippen MR) is 128 cm³/mol. The topological polar surface area (TPSA) is 62.3 Å². The molecule has 2 aliphatic rings. The molecule has 1 aliphatic carbocycles. The molecule has 1 saturated carbocycles. The van der Waals surface area contributed by atoms with Crippen molar-refractivity contribution in [1.82, 2.24) is 15.2 Å². The Morgan fingerprint density at radius 1 is 1.22 bits per heavy atom. The summed E-state index contributed by atoms with van der Waals surface area (Å²) >= 11 is 7.72. The first-order chi connectivity index (χ1) is 15.5. The molecule has 1 N–H and O–H groups in total. The molecule has 1 aromatic heterocycles. The summed E-state index contributed by atoms with van der Waals surface area (Å²) in [5.74, 6) is 3.01. The van der Waals surface area contributed by atoms with Crippen LogP contribution in [0, 0.1) is 12.3 Å². The van der Waals surface area contributed by atoms with E-state index in [1.807, 2.05) is 34.5 Å². The number of hydrogen-bond acceptors (Lipinski definition) is 4. The molecule has 4 rings (SSSR count). The molecule has 2 heterocycles. The van der Waals surface area contributed by atoms with Crippen LogP contribution in [0.1, 0.15) is 71.9 Å². The Bertz CT molecular complexity index is 1010. The summed E-state index contributed by atoms with van der Waals surface area (Å²) in [7, 11) is 0. The summed E-state index contributed by atoms with van der Waals surface area (Å²) in [6.45, 7) is 1.38. The van der Waals surface area contributed by atoms with Crippen LogP contribution >= 0.6 is 22.9 Å². The van der Waals surface area contributed by atoms with E-state index in [1.54, 1.807) is 0 Å². The van der Waals surface area contributed by atoms with Crippen molar-refractivity contribution in [3.63, 3.8) is 0 Å². The van der Waals surface area contributed by atoms with Gasteiger partial charge >= 0.3 is 0 Å². The highest BCUT2D eigenvalue weighted by Crippen LogP contribution is 2.32. The summed E-state index contributed by atoms with van der Waals surface area (Å²) in [5, 5.41) is 6.49. The van der Waals surface area contributed by atoms with Crippen molar-refractivity contribution in [2.45, 2.75) is 62.8 Å². The molecule has 1 aromatic carbocycles. The average molecular weight is 470 g/mol.